The predicted octanol–water partition coefficient (Wildman–Crippen LogP) is 5.02. The van der Waals surface area contributed by atoms with Gasteiger partial charge in [-0.25, -0.2) is 14.5 Å². The van der Waals surface area contributed by atoms with Crippen molar-refractivity contribution in [3.63, 3.8) is 0 Å². The molecular formula is C24H29BrN4O4. The Kier molecular flexibility index (Phi) is 8.46. The zero-order chi connectivity index (χ0) is 23.8. The van der Waals surface area contributed by atoms with Gasteiger partial charge in [0.05, 0.1) is 6.61 Å². The maximum Gasteiger partial charge on any atom is 0.405 e. The molecule has 0 aliphatic rings. The summed E-state index contributed by atoms with van der Waals surface area (Å²) in [5.41, 5.74) is 6.83. The molecule has 8 nitrogen and oxygen atoms in total. The Morgan fingerprint density at radius 3 is 2.36 bits per heavy atom. The number of ether oxygens (including phenoxy) is 3. The number of carbonyl (C=O) groups is 1. The number of nitrogens with zero attached hydrogens (tertiary/aromatic N) is 3. The first-order valence-corrected chi connectivity index (χ1v) is 11.6. The molecule has 3 aromatic rings. The third-order valence-corrected chi connectivity index (χ3v) is 6.89. The summed E-state index contributed by atoms with van der Waals surface area (Å²) >= 11 is 3.47. The Hall–Kier alpha value is -2.91. The molecule has 0 aliphatic heterocycles. The van der Waals surface area contributed by atoms with Crippen LogP contribution >= 0.6 is 15.9 Å². The summed E-state index contributed by atoms with van der Waals surface area (Å²) in [5, 5.41) is 3.64. The highest BCUT2D eigenvalue weighted by Gasteiger charge is 2.45. The molecule has 0 bridgehead atoms. The van der Waals surface area contributed by atoms with Gasteiger partial charge in [-0.1, -0.05) is 56.3 Å². The lowest BCUT2D eigenvalue weighted by Gasteiger charge is -2.41. The maximum absolute atomic E-state index is 11.4. The van der Waals surface area contributed by atoms with Crippen LogP contribution in [0.25, 0.3) is 11.1 Å². The highest BCUT2D eigenvalue weighted by atomic mass is 79.9. The second-order valence-electron chi connectivity index (χ2n) is 8.11. The number of benzene rings is 2. The van der Waals surface area contributed by atoms with E-state index >= 15 is 0 Å². The molecule has 9 heteroatoms. The molecule has 2 aromatic carbocycles. The van der Waals surface area contributed by atoms with Gasteiger partial charge in [0.1, 0.15) is 18.4 Å². The van der Waals surface area contributed by atoms with Crippen molar-refractivity contribution < 1.29 is 19.0 Å². The largest absolute Gasteiger partial charge is 0.468 e. The average molecular weight is 517 g/mol. The summed E-state index contributed by atoms with van der Waals surface area (Å²) < 4.78 is 19.1. The fourth-order valence-electron chi connectivity index (χ4n) is 3.50. The zero-order valence-corrected chi connectivity index (χ0v) is 20.5. The molecule has 1 aromatic heterocycles. The van der Waals surface area contributed by atoms with Crippen molar-refractivity contribution >= 4 is 22.0 Å². The Morgan fingerprint density at radius 2 is 1.79 bits per heavy atom. The summed E-state index contributed by atoms with van der Waals surface area (Å²) in [4.78, 5) is 15.5. The van der Waals surface area contributed by atoms with E-state index in [1.54, 1.807) is 11.0 Å². The van der Waals surface area contributed by atoms with E-state index in [1.807, 2.05) is 63.2 Å². The molecule has 0 fully saturated rings. The summed E-state index contributed by atoms with van der Waals surface area (Å²) in [6.45, 7) is 6.67. The molecule has 0 spiro atoms. The van der Waals surface area contributed by atoms with E-state index in [0.29, 0.717) is 19.0 Å². The maximum atomic E-state index is 11.4. The molecule has 2 N–H and O–H groups in total. The van der Waals surface area contributed by atoms with Crippen LogP contribution in [0.3, 0.4) is 0 Å². The first-order chi connectivity index (χ1) is 15.8. The Morgan fingerprint density at radius 1 is 1.12 bits per heavy atom. The molecule has 0 saturated carbocycles. The molecule has 3 unspecified atom stereocenters. The quantitative estimate of drug-likeness (QED) is 0.359. The number of aromatic nitrogens is 3. The fourth-order valence-corrected chi connectivity index (χ4v) is 4.02. The van der Waals surface area contributed by atoms with Crippen LogP contribution in [0.2, 0.25) is 0 Å². The minimum absolute atomic E-state index is 0.295. The first-order valence-electron chi connectivity index (χ1n) is 10.7. The third kappa shape index (κ3) is 6.33. The number of halogens is 1. The normalized spacial score (nSPS) is 14.3. The molecule has 176 valence electrons. The number of hydrogen-bond donors (Lipinski definition) is 1. The van der Waals surface area contributed by atoms with Crippen molar-refractivity contribution in [1.29, 1.82) is 0 Å². The Bertz CT molecular complexity index is 997. The smallest absolute Gasteiger partial charge is 0.405 e. The van der Waals surface area contributed by atoms with Crippen LogP contribution in [0.5, 0.6) is 5.75 Å². The molecule has 3 rings (SSSR count). The van der Waals surface area contributed by atoms with E-state index in [-0.39, 0.29) is 5.92 Å². The Balaban J connectivity index is 1.92. The van der Waals surface area contributed by atoms with E-state index in [4.69, 9.17) is 19.9 Å². The van der Waals surface area contributed by atoms with Gasteiger partial charge < -0.3 is 19.9 Å². The highest BCUT2D eigenvalue weighted by molar-refractivity contribution is 9.09. The summed E-state index contributed by atoms with van der Waals surface area (Å²) in [5.74, 6) is 0.367. The summed E-state index contributed by atoms with van der Waals surface area (Å²) in [6.07, 6.45) is 1.59. The molecule has 1 amide bonds. The van der Waals surface area contributed by atoms with Gasteiger partial charge in [0, 0.05) is 17.9 Å². The van der Waals surface area contributed by atoms with Crippen molar-refractivity contribution in [1.82, 2.24) is 14.8 Å². The number of hydrogen-bond acceptors (Lipinski definition) is 6. The Labute approximate surface area is 202 Å². The fraction of sp³-hybridized carbons (Fsp3) is 0.375. The van der Waals surface area contributed by atoms with Crippen LogP contribution < -0.4 is 10.5 Å². The third-order valence-electron chi connectivity index (χ3n) is 5.52. The van der Waals surface area contributed by atoms with Gasteiger partial charge in [-0.05, 0) is 46.1 Å². The number of amides is 1. The van der Waals surface area contributed by atoms with E-state index in [0.717, 1.165) is 11.1 Å². The van der Waals surface area contributed by atoms with E-state index in [1.165, 1.54) is 6.33 Å². The second-order valence-corrected chi connectivity index (χ2v) is 8.95. The highest BCUT2D eigenvalue weighted by Crippen LogP contribution is 2.42. The van der Waals surface area contributed by atoms with Gasteiger partial charge >= 0.3 is 6.09 Å². The van der Waals surface area contributed by atoms with Crippen molar-refractivity contribution in [3.05, 3.63) is 67.3 Å². The van der Waals surface area contributed by atoms with Crippen molar-refractivity contribution in [2.24, 2.45) is 17.1 Å². The van der Waals surface area contributed by atoms with Gasteiger partial charge in [0.2, 0.25) is 0 Å². The first kappa shape index (κ1) is 24.7. The van der Waals surface area contributed by atoms with Crippen LogP contribution in [0.15, 0.2) is 67.3 Å². The lowest BCUT2D eigenvalue weighted by atomic mass is 9.78. The van der Waals surface area contributed by atoms with Crippen LogP contribution in [-0.4, -0.2) is 39.1 Å². The van der Waals surface area contributed by atoms with Gasteiger partial charge in [0.15, 0.2) is 11.2 Å². The topological polar surface area (TPSA) is 101 Å². The SMILES string of the molecule is CCOCC(C(Oc1ccc(-c2ccccc2)cc1)n1cncn1)C(C)(C)C(Br)OC(N)=O. The van der Waals surface area contributed by atoms with E-state index in [9.17, 15) is 4.79 Å². The zero-order valence-electron chi connectivity index (χ0n) is 18.9. The van der Waals surface area contributed by atoms with Gasteiger partial charge in [-0.3, -0.25) is 0 Å². The lowest BCUT2D eigenvalue weighted by molar-refractivity contribution is -0.0771. The molecule has 33 heavy (non-hydrogen) atoms. The molecule has 0 aliphatic carbocycles. The average Bonchev–Trinajstić information content (AvgIpc) is 3.34. The van der Waals surface area contributed by atoms with E-state index < -0.39 is 22.7 Å². The number of alkyl halides is 1. The number of carbonyl (C=O) groups excluding carboxylic acids is 1. The van der Waals surface area contributed by atoms with Gasteiger partial charge in [-0.15, -0.1) is 0 Å². The van der Waals surface area contributed by atoms with Crippen LogP contribution in [0.4, 0.5) is 4.79 Å². The molecular weight excluding hydrogens is 488 g/mol. The summed E-state index contributed by atoms with van der Waals surface area (Å²) in [7, 11) is 0. The molecule has 0 radical (unpaired) electrons. The number of primary amides is 1. The molecule has 3 atom stereocenters. The van der Waals surface area contributed by atoms with E-state index in [2.05, 4.69) is 38.1 Å². The van der Waals surface area contributed by atoms with Crippen molar-refractivity contribution in [2.75, 3.05) is 13.2 Å². The molecule has 0 saturated heterocycles. The minimum Gasteiger partial charge on any atom is -0.468 e. The standard InChI is InChI=1S/C24H29BrN4O4/c1-4-31-14-20(24(2,3)22(25)33-23(26)30)21(29-16-27-15-28-29)32-19-12-10-18(11-13-19)17-8-6-5-7-9-17/h5-13,15-16,20-22H,4,14H2,1-3H3,(H2,26,30). The van der Waals surface area contributed by atoms with Crippen LogP contribution in [0.1, 0.15) is 27.0 Å². The van der Waals surface area contributed by atoms with Crippen molar-refractivity contribution in [3.8, 4) is 16.9 Å². The van der Waals surface area contributed by atoms with Gasteiger partial charge in [-0.2, -0.15) is 5.10 Å². The number of rotatable bonds is 11. The van der Waals surface area contributed by atoms with Crippen molar-refractivity contribution in [2.45, 2.75) is 32.0 Å². The second kappa shape index (κ2) is 11.3. The summed E-state index contributed by atoms with van der Waals surface area (Å²) in [6, 6.07) is 18.0. The van der Waals surface area contributed by atoms with Gasteiger partial charge in [0.25, 0.3) is 0 Å². The monoisotopic (exact) mass is 516 g/mol. The molecule has 1 heterocycles. The lowest BCUT2D eigenvalue weighted by Crippen LogP contribution is -2.45. The predicted molar refractivity (Wildman–Crippen MR) is 129 cm³/mol. The van der Waals surface area contributed by atoms with Crippen LogP contribution in [0, 0.1) is 11.3 Å². The minimum atomic E-state index is -0.866. The number of nitrogens with two attached hydrogens (primary N) is 1. The van der Waals surface area contributed by atoms with Crippen LogP contribution in [-0.2, 0) is 9.47 Å².